The van der Waals surface area contributed by atoms with Gasteiger partial charge in [-0.1, -0.05) is 42.2 Å². The molecule has 0 radical (unpaired) electrons. The van der Waals surface area contributed by atoms with Crippen molar-refractivity contribution in [3.8, 4) is 17.2 Å². The number of para-hydroxylation sites is 1. The average Bonchev–Trinajstić information content (AvgIpc) is 2.93. The quantitative estimate of drug-likeness (QED) is 0.227. The topological polar surface area (TPSA) is 48.0 Å². The molecule has 0 bridgehead atoms. The van der Waals surface area contributed by atoms with Crippen molar-refractivity contribution in [1.82, 2.24) is 4.90 Å². The lowest BCUT2D eigenvalue weighted by Crippen LogP contribution is -2.22. The fourth-order valence-corrected chi connectivity index (χ4v) is 4.44. The number of amides is 1. The minimum atomic E-state index is -0.0950. The molecule has 0 aliphatic carbocycles. The van der Waals surface area contributed by atoms with Crippen LogP contribution in [0.1, 0.15) is 5.56 Å². The second-order valence-corrected chi connectivity index (χ2v) is 8.62. The zero-order valence-corrected chi connectivity index (χ0v) is 19.1. The summed E-state index contributed by atoms with van der Waals surface area (Å²) in [6.07, 6.45) is 1.82. The first kappa shape index (κ1) is 20.9. The smallest absolute Gasteiger partial charge is 0.265 e. The Hall–Kier alpha value is -1.78. The molecule has 0 N–H and O–H groups in total. The third-order valence-electron chi connectivity index (χ3n) is 3.88. The molecule has 0 saturated carbocycles. The summed E-state index contributed by atoms with van der Waals surface area (Å²) in [5.74, 6) is 1.96. The number of carbonyl (C=O) groups excluding carboxylic acids is 1. The molecule has 0 atom stereocenters. The number of hydrogen-bond acceptors (Lipinski definition) is 6. The summed E-state index contributed by atoms with van der Waals surface area (Å²) >= 11 is 8.66. The molecule has 1 aliphatic heterocycles. The highest BCUT2D eigenvalue weighted by molar-refractivity contribution is 14.1. The second kappa shape index (κ2) is 9.62. The van der Waals surface area contributed by atoms with Gasteiger partial charge in [0.1, 0.15) is 23.3 Å². The molecular weight excluding hydrogens is 509 g/mol. The number of ether oxygens (including phenoxy) is 3. The van der Waals surface area contributed by atoms with Gasteiger partial charge in [0.15, 0.2) is 11.5 Å². The predicted octanol–water partition coefficient (Wildman–Crippen LogP) is 4.59. The van der Waals surface area contributed by atoms with Crippen LogP contribution in [0.15, 0.2) is 47.4 Å². The molecule has 1 amide bonds. The molecule has 8 heteroatoms. The van der Waals surface area contributed by atoms with Crippen LogP contribution in [0.2, 0.25) is 0 Å². The van der Waals surface area contributed by atoms with E-state index in [0.717, 1.165) is 14.9 Å². The Balaban J connectivity index is 1.69. The average molecular weight is 527 g/mol. The van der Waals surface area contributed by atoms with Crippen LogP contribution in [0.5, 0.6) is 17.2 Å². The maximum Gasteiger partial charge on any atom is 0.265 e. The summed E-state index contributed by atoms with van der Waals surface area (Å²) in [6, 6.07) is 13.4. The van der Waals surface area contributed by atoms with Crippen molar-refractivity contribution in [2.24, 2.45) is 0 Å². The van der Waals surface area contributed by atoms with Crippen LogP contribution in [-0.2, 0) is 4.79 Å². The van der Waals surface area contributed by atoms with Crippen molar-refractivity contribution >= 4 is 62.9 Å². The summed E-state index contributed by atoms with van der Waals surface area (Å²) in [5, 5.41) is 0. The third kappa shape index (κ3) is 4.98. The van der Waals surface area contributed by atoms with E-state index < -0.39 is 0 Å². The number of benzene rings is 2. The number of likely N-dealkylation sites (N-methyl/N-ethyl adjacent to an activating group) is 1. The summed E-state index contributed by atoms with van der Waals surface area (Å²) in [5.41, 5.74) is 0.850. The normalized spacial score (nSPS) is 15.2. The predicted molar refractivity (Wildman–Crippen MR) is 124 cm³/mol. The van der Waals surface area contributed by atoms with Gasteiger partial charge >= 0.3 is 0 Å². The first-order chi connectivity index (χ1) is 13.5. The number of thiocarbonyl (C=S) groups is 1. The van der Waals surface area contributed by atoms with E-state index in [-0.39, 0.29) is 5.91 Å². The van der Waals surface area contributed by atoms with Crippen molar-refractivity contribution in [3.05, 3.63) is 56.5 Å². The molecule has 28 heavy (non-hydrogen) atoms. The molecule has 146 valence electrons. The maximum absolute atomic E-state index is 12.2. The summed E-state index contributed by atoms with van der Waals surface area (Å²) in [7, 11) is 3.27. The van der Waals surface area contributed by atoms with Gasteiger partial charge in [-0.3, -0.25) is 9.69 Å². The van der Waals surface area contributed by atoms with E-state index in [9.17, 15) is 4.79 Å². The summed E-state index contributed by atoms with van der Waals surface area (Å²) < 4.78 is 18.5. The van der Waals surface area contributed by atoms with Gasteiger partial charge in [-0.05, 0) is 58.5 Å². The number of rotatable bonds is 7. The van der Waals surface area contributed by atoms with E-state index in [1.165, 1.54) is 16.7 Å². The van der Waals surface area contributed by atoms with Gasteiger partial charge in [0, 0.05) is 7.05 Å². The minimum absolute atomic E-state index is 0.0950. The zero-order valence-electron chi connectivity index (χ0n) is 15.3. The van der Waals surface area contributed by atoms with Gasteiger partial charge in [0.25, 0.3) is 5.91 Å². The Bertz CT molecular complexity index is 918. The van der Waals surface area contributed by atoms with E-state index >= 15 is 0 Å². The highest BCUT2D eigenvalue weighted by Gasteiger charge is 2.28. The van der Waals surface area contributed by atoms with Gasteiger partial charge in [-0.2, -0.15) is 0 Å². The van der Waals surface area contributed by atoms with Crippen LogP contribution in [0.25, 0.3) is 6.08 Å². The van der Waals surface area contributed by atoms with Crippen molar-refractivity contribution in [1.29, 1.82) is 0 Å². The van der Waals surface area contributed by atoms with Gasteiger partial charge < -0.3 is 14.2 Å². The van der Waals surface area contributed by atoms with Crippen LogP contribution in [0.3, 0.4) is 0 Å². The van der Waals surface area contributed by atoms with Crippen LogP contribution in [0.4, 0.5) is 0 Å². The van der Waals surface area contributed by atoms with Crippen molar-refractivity contribution in [3.63, 3.8) is 0 Å². The fourth-order valence-electron chi connectivity index (χ4n) is 2.48. The van der Waals surface area contributed by atoms with E-state index in [2.05, 4.69) is 22.6 Å². The lowest BCUT2D eigenvalue weighted by atomic mass is 10.2. The Morgan fingerprint density at radius 2 is 1.89 bits per heavy atom. The number of nitrogens with zero attached hydrogens (tertiary/aromatic N) is 1. The lowest BCUT2D eigenvalue weighted by molar-refractivity contribution is -0.121. The molecule has 0 aromatic heterocycles. The van der Waals surface area contributed by atoms with Gasteiger partial charge in [0.2, 0.25) is 0 Å². The van der Waals surface area contributed by atoms with Crippen LogP contribution in [-0.4, -0.2) is 42.5 Å². The van der Waals surface area contributed by atoms with Crippen LogP contribution >= 0.6 is 46.6 Å². The first-order valence-corrected chi connectivity index (χ1v) is 10.7. The molecule has 1 saturated heterocycles. The molecular formula is C20H18INO4S2. The molecule has 2 aromatic rings. The zero-order chi connectivity index (χ0) is 20.1. The van der Waals surface area contributed by atoms with Gasteiger partial charge in [-0.15, -0.1) is 0 Å². The number of methoxy groups -OCH3 is 1. The van der Waals surface area contributed by atoms with E-state index in [0.29, 0.717) is 33.9 Å². The third-order valence-corrected chi connectivity index (χ3v) is 6.16. The van der Waals surface area contributed by atoms with Crippen molar-refractivity contribution in [2.45, 2.75) is 0 Å². The largest absolute Gasteiger partial charge is 0.493 e. The lowest BCUT2D eigenvalue weighted by Gasteiger charge is -2.14. The molecule has 5 nitrogen and oxygen atoms in total. The Morgan fingerprint density at radius 3 is 2.54 bits per heavy atom. The monoisotopic (exact) mass is 527 g/mol. The Labute approximate surface area is 187 Å². The maximum atomic E-state index is 12.2. The molecule has 1 aliphatic rings. The number of hydrogen-bond donors (Lipinski definition) is 0. The number of thioether (sulfide) groups is 1. The minimum Gasteiger partial charge on any atom is -0.493 e. The first-order valence-electron chi connectivity index (χ1n) is 8.39. The number of carbonyl (C=O) groups is 1. The Morgan fingerprint density at radius 1 is 1.18 bits per heavy atom. The summed E-state index contributed by atoms with van der Waals surface area (Å²) in [6.45, 7) is 0.805. The van der Waals surface area contributed by atoms with Crippen molar-refractivity contribution < 1.29 is 19.0 Å². The highest BCUT2D eigenvalue weighted by atomic mass is 127. The molecule has 3 rings (SSSR count). The van der Waals surface area contributed by atoms with Crippen LogP contribution in [0, 0.1) is 3.57 Å². The summed E-state index contributed by atoms with van der Waals surface area (Å²) in [4.78, 5) is 14.3. The van der Waals surface area contributed by atoms with Gasteiger partial charge in [-0.25, -0.2) is 0 Å². The standard InChI is InChI=1S/C20H18INO4S2/c1-22-19(23)17(28-20(22)27)12-13-10-15(21)18(16(11-13)24-2)26-9-8-25-14-6-4-3-5-7-14/h3-7,10-12H,8-9H2,1-2H3/b17-12-. The molecule has 0 spiro atoms. The molecule has 1 heterocycles. The Kier molecular flexibility index (Phi) is 7.19. The van der Waals surface area contributed by atoms with E-state index in [1.54, 1.807) is 14.2 Å². The molecule has 2 aromatic carbocycles. The number of halogens is 1. The fraction of sp³-hybridized carbons (Fsp3) is 0.200. The van der Waals surface area contributed by atoms with E-state index in [1.807, 2.05) is 48.5 Å². The SMILES string of the molecule is COc1cc(/C=C2\SC(=S)N(C)C2=O)cc(I)c1OCCOc1ccccc1. The van der Waals surface area contributed by atoms with Crippen molar-refractivity contribution in [2.75, 3.05) is 27.4 Å². The highest BCUT2D eigenvalue weighted by Crippen LogP contribution is 2.37. The van der Waals surface area contributed by atoms with E-state index in [4.69, 9.17) is 26.4 Å². The van der Waals surface area contributed by atoms with Crippen LogP contribution < -0.4 is 14.2 Å². The molecule has 1 fully saturated rings. The van der Waals surface area contributed by atoms with Gasteiger partial charge in [0.05, 0.1) is 15.6 Å². The molecule has 0 unspecified atom stereocenters. The second-order valence-electron chi connectivity index (χ2n) is 5.78.